The Morgan fingerprint density at radius 2 is 1.69 bits per heavy atom. The Kier molecular flexibility index (Phi) is 7.91. The SMILES string of the molecule is CCc1cccc(CC)c1-n1c(C)c(C(=O)CC(C)C)cc(-c2nc(-c3ccc(Cl)cc3)cs2)c1=O. The molecule has 0 spiro atoms. The van der Waals surface area contributed by atoms with Gasteiger partial charge >= 0.3 is 0 Å². The van der Waals surface area contributed by atoms with Crippen molar-refractivity contribution in [1.82, 2.24) is 9.55 Å². The molecule has 4 rings (SSSR count). The summed E-state index contributed by atoms with van der Waals surface area (Å²) < 4.78 is 1.75. The third-order valence-electron chi connectivity index (χ3n) is 6.40. The van der Waals surface area contributed by atoms with Gasteiger partial charge in [0.1, 0.15) is 5.01 Å². The zero-order valence-corrected chi connectivity index (χ0v) is 23.0. The highest BCUT2D eigenvalue weighted by Gasteiger charge is 2.23. The maximum atomic E-state index is 14.1. The summed E-state index contributed by atoms with van der Waals surface area (Å²) in [6.07, 6.45) is 1.99. The third kappa shape index (κ3) is 5.09. The minimum atomic E-state index is -0.152. The number of aromatic nitrogens is 2. The van der Waals surface area contributed by atoms with Gasteiger partial charge < -0.3 is 0 Å². The Morgan fingerprint density at radius 3 is 2.28 bits per heavy atom. The minimum absolute atomic E-state index is 0.0407. The van der Waals surface area contributed by atoms with Gasteiger partial charge in [0.25, 0.3) is 5.56 Å². The molecule has 0 aliphatic rings. The molecule has 0 aliphatic carbocycles. The van der Waals surface area contributed by atoms with Crippen LogP contribution in [-0.2, 0) is 12.8 Å². The molecule has 4 aromatic rings. The molecule has 0 saturated heterocycles. The number of rotatable bonds is 8. The fraction of sp³-hybridized carbons (Fsp3) is 0.300. The molecule has 4 nitrogen and oxygen atoms in total. The van der Waals surface area contributed by atoms with E-state index in [-0.39, 0.29) is 17.3 Å². The van der Waals surface area contributed by atoms with Gasteiger partial charge in [-0.3, -0.25) is 14.2 Å². The molecule has 2 aromatic heterocycles. The van der Waals surface area contributed by atoms with Gasteiger partial charge in [-0.1, -0.05) is 69.6 Å². The number of thiazole rings is 1. The summed E-state index contributed by atoms with van der Waals surface area (Å²) in [5.74, 6) is 0.255. The molecule has 0 fully saturated rings. The van der Waals surface area contributed by atoms with E-state index >= 15 is 0 Å². The maximum absolute atomic E-state index is 14.1. The van der Waals surface area contributed by atoms with Gasteiger partial charge in [-0.05, 0) is 55.0 Å². The zero-order chi connectivity index (χ0) is 26.0. The largest absolute Gasteiger partial charge is 0.294 e. The highest BCUT2D eigenvalue weighted by atomic mass is 35.5. The normalized spacial score (nSPS) is 11.3. The van der Waals surface area contributed by atoms with Crippen LogP contribution in [-0.4, -0.2) is 15.3 Å². The van der Waals surface area contributed by atoms with E-state index in [1.807, 2.05) is 56.5 Å². The molecule has 0 atom stereocenters. The van der Waals surface area contributed by atoms with Gasteiger partial charge in [0.2, 0.25) is 0 Å². The van der Waals surface area contributed by atoms with Gasteiger partial charge in [0.15, 0.2) is 5.78 Å². The summed E-state index contributed by atoms with van der Waals surface area (Å²) in [6, 6.07) is 15.4. The number of hydrogen-bond acceptors (Lipinski definition) is 4. The second-order valence-corrected chi connectivity index (χ2v) is 10.7. The van der Waals surface area contributed by atoms with Crippen LogP contribution < -0.4 is 5.56 Å². The van der Waals surface area contributed by atoms with E-state index in [2.05, 4.69) is 26.0 Å². The molecular formula is C30H31ClN2O2S. The number of hydrogen-bond donors (Lipinski definition) is 0. The van der Waals surface area contributed by atoms with E-state index in [0.29, 0.717) is 33.3 Å². The average molecular weight is 519 g/mol. The fourth-order valence-corrected chi connectivity index (χ4v) is 5.50. The topological polar surface area (TPSA) is 52.0 Å². The number of carbonyl (C=O) groups is 1. The lowest BCUT2D eigenvalue weighted by molar-refractivity contribution is 0.0966. The lowest BCUT2D eigenvalue weighted by atomic mass is 9.97. The van der Waals surface area contributed by atoms with E-state index in [1.165, 1.54) is 11.3 Å². The Labute approximate surface area is 221 Å². The number of carbonyl (C=O) groups excluding carboxylic acids is 1. The van der Waals surface area contributed by atoms with Crippen molar-refractivity contribution in [1.29, 1.82) is 0 Å². The summed E-state index contributed by atoms with van der Waals surface area (Å²) in [7, 11) is 0. The number of nitrogens with zero attached hydrogens (tertiary/aromatic N) is 2. The quantitative estimate of drug-likeness (QED) is 0.222. The Hall–Kier alpha value is -3.02. The molecule has 0 unspecified atom stereocenters. The van der Waals surface area contributed by atoms with Crippen molar-refractivity contribution >= 4 is 28.7 Å². The van der Waals surface area contributed by atoms with Crippen LogP contribution in [0.1, 0.15) is 61.3 Å². The lowest BCUT2D eigenvalue weighted by Crippen LogP contribution is -2.27. The van der Waals surface area contributed by atoms with Crippen LogP contribution in [0.25, 0.3) is 27.5 Å². The monoisotopic (exact) mass is 518 g/mol. The molecule has 36 heavy (non-hydrogen) atoms. The minimum Gasteiger partial charge on any atom is -0.294 e. The van der Waals surface area contributed by atoms with Crippen molar-refractivity contribution in [3.63, 3.8) is 0 Å². The van der Waals surface area contributed by atoms with Gasteiger partial charge in [-0.15, -0.1) is 11.3 Å². The zero-order valence-electron chi connectivity index (χ0n) is 21.4. The molecule has 0 amide bonds. The van der Waals surface area contributed by atoms with Crippen molar-refractivity contribution in [3.05, 3.63) is 91.7 Å². The molecule has 0 radical (unpaired) electrons. The fourth-order valence-electron chi connectivity index (χ4n) is 4.54. The van der Waals surface area contributed by atoms with Crippen LogP contribution in [0.4, 0.5) is 0 Å². The predicted octanol–water partition coefficient (Wildman–Crippen LogP) is 7.94. The molecule has 2 heterocycles. The standard InChI is InChI=1S/C30H31ClN2O2S/c1-6-20-9-8-10-21(7-2)28(20)33-19(5)24(27(34)15-18(3)4)16-25(30(33)35)29-32-26(17-36-29)22-11-13-23(31)14-12-22/h8-14,16-18H,6-7,15H2,1-5H3. The maximum Gasteiger partial charge on any atom is 0.265 e. The van der Waals surface area contributed by atoms with Crippen LogP contribution in [0.3, 0.4) is 0 Å². The van der Waals surface area contributed by atoms with Crippen molar-refractivity contribution in [2.75, 3.05) is 0 Å². The van der Waals surface area contributed by atoms with E-state index in [9.17, 15) is 9.59 Å². The average Bonchev–Trinajstić information content (AvgIpc) is 3.34. The van der Waals surface area contributed by atoms with Crippen molar-refractivity contribution in [2.24, 2.45) is 5.92 Å². The van der Waals surface area contributed by atoms with Crippen LogP contribution in [0.5, 0.6) is 0 Å². The molecule has 0 bridgehead atoms. The van der Waals surface area contributed by atoms with Gasteiger partial charge in [0, 0.05) is 33.6 Å². The first kappa shape index (κ1) is 26.1. The molecule has 186 valence electrons. The first-order chi connectivity index (χ1) is 17.2. The van der Waals surface area contributed by atoms with Gasteiger partial charge in [-0.25, -0.2) is 4.98 Å². The summed E-state index contributed by atoms with van der Waals surface area (Å²) in [6.45, 7) is 10.1. The smallest absolute Gasteiger partial charge is 0.265 e. The summed E-state index contributed by atoms with van der Waals surface area (Å²) >= 11 is 7.46. The van der Waals surface area contributed by atoms with Crippen LogP contribution >= 0.6 is 22.9 Å². The predicted molar refractivity (Wildman–Crippen MR) is 151 cm³/mol. The molecule has 6 heteroatoms. The molecule has 2 aromatic carbocycles. The van der Waals surface area contributed by atoms with E-state index in [0.717, 1.165) is 40.9 Å². The Balaban J connectivity index is 1.99. The second-order valence-electron chi connectivity index (χ2n) is 9.40. The molecular weight excluding hydrogens is 488 g/mol. The molecule has 0 aliphatic heterocycles. The molecule has 0 N–H and O–H groups in total. The number of Topliss-reactive ketones (excluding diaryl/α,β-unsaturated/α-hetero) is 1. The summed E-state index contributed by atoms with van der Waals surface area (Å²) in [5.41, 5.74) is 6.31. The van der Waals surface area contributed by atoms with E-state index < -0.39 is 0 Å². The highest BCUT2D eigenvalue weighted by molar-refractivity contribution is 7.13. The number of halogens is 1. The highest BCUT2D eigenvalue weighted by Crippen LogP contribution is 2.31. The van der Waals surface area contributed by atoms with Crippen molar-refractivity contribution in [2.45, 2.75) is 53.9 Å². The van der Waals surface area contributed by atoms with Crippen LogP contribution in [0.15, 0.2) is 58.7 Å². The summed E-state index contributed by atoms with van der Waals surface area (Å²) in [4.78, 5) is 32.3. The van der Waals surface area contributed by atoms with Crippen molar-refractivity contribution < 1.29 is 4.79 Å². The number of pyridine rings is 1. The number of para-hydroxylation sites is 1. The number of ketones is 1. The van der Waals surface area contributed by atoms with Crippen molar-refractivity contribution in [3.8, 4) is 27.5 Å². The lowest BCUT2D eigenvalue weighted by Gasteiger charge is -2.21. The summed E-state index contributed by atoms with van der Waals surface area (Å²) in [5, 5.41) is 3.20. The third-order valence-corrected chi connectivity index (χ3v) is 7.53. The van der Waals surface area contributed by atoms with E-state index in [4.69, 9.17) is 16.6 Å². The second kappa shape index (κ2) is 10.9. The van der Waals surface area contributed by atoms with E-state index in [1.54, 1.807) is 10.6 Å². The number of benzene rings is 2. The van der Waals surface area contributed by atoms with Gasteiger partial charge in [0.05, 0.1) is 16.9 Å². The molecule has 0 saturated carbocycles. The van der Waals surface area contributed by atoms with Crippen LogP contribution in [0.2, 0.25) is 5.02 Å². The Morgan fingerprint density at radius 1 is 1.06 bits per heavy atom. The van der Waals surface area contributed by atoms with Gasteiger partial charge in [-0.2, -0.15) is 0 Å². The number of aryl methyl sites for hydroxylation is 2. The first-order valence-corrected chi connectivity index (χ1v) is 13.6. The first-order valence-electron chi connectivity index (χ1n) is 12.4. The van der Waals surface area contributed by atoms with Crippen LogP contribution in [0, 0.1) is 12.8 Å². The Bertz CT molecular complexity index is 1440.